The predicted molar refractivity (Wildman–Crippen MR) is 109 cm³/mol. The van der Waals surface area contributed by atoms with Crippen LogP contribution in [0.25, 0.3) is 0 Å². The Kier molecular flexibility index (Phi) is 4.85. The van der Waals surface area contributed by atoms with Crippen molar-refractivity contribution in [3.63, 3.8) is 0 Å². The van der Waals surface area contributed by atoms with E-state index in [1.54, 1.807) is 25.1 Å². The van der Waals surface area contributed by atoms with Crippen LogP contribution in [0, 0.1) is 0 Å². The molecular formula is C20H16ClF3N2O3S. The van der Waals surface area contributed by atoms with E-state index in [-0.39, 0.29) is 16.8 Å². The molecule has 2 atom stereocenters. The molecule has 2 aliphatic rings. The van der Waals surface area contributed by atoms with E-state index in [1.165, 1.54) is 24.1 Å². The van der Waals surface area contributed by atoms with Gasteiger partial charge in [-0.25, -0.2) is 4.79 Å². The molecule has 0 amide bonds. The van der Waals surface area contributed by atoms with E-state index < -0.39 is 28.5 Å². The Bertz CT molecular complexity index is 1060. The molecule has 2 aromatic carbocycles. The van der Waals surface area contributed by atoms with Crippen LogP contribution in [0.4, 0.5) is 18.9 Å². The minimum Gasteiger partial charge on any atom is -0.467 e. The Hall–Kier alpha value is -2.52. The molecule has 30 heavy (non-hydrogen) atoms. The standard InChI is InChI=1S/C20H16ClF3N2O3S/c1-19-9-15(12-7-10(17(27)28-2)3-6-16(12)29-19)25-18(30)26(19)11-4-5-14(21)13(8-11)20(22,23)24/h3-8,15H,9H2,1-2H3,(H,25,30). The lowest BCUT2D eigenvalue weighted by Gasteiger charge is -2.52. The van der Waals surface area contributed by atoms with Gasteiger partial charge >= 0.3 is 12.1 Å². The second kappa shape index (κ2) is 7.02. The molecule has 0 spiro atoms. The highest BCUT2D eigenvalue weighted by Gasteiger charge is 2.49. The fourth-order valence-corrected chi connectivity index (χ4v) is 4.55. The van der Waals surface area contributed by atoms with Crippen molar-refractivity contribution in [3.8, 4) is 5.75 Å². The summed E-state index contributed by atoms with van der Waals surface area (Å²) in [4.78, 5) is 13.4. The number of anilines is 1. The number of fused-ring (bicyclic) bond motifs is 4. The summed E-state index contributed by atoms with van der Waals surface area (Å²) in [6.45, 7) is 1.76. The van der Waals surface area contributed by atoms with E-state index in [0.717, 1.165) is 11.6 Å². The number of halogens is 4. The molecular weight excluding hydrogens is 441 g/mol. The second-order valence-corrected chi connectivity index (χ2v) is 8.02. The van der Waals surface area contributed by atoms with Crippen molar-refractivity contribution >= 4 is 40.6 Å². The highest BCUT2D eigenvalue weighted by Crippen LogP contribution is 2.47. The maximum atomic E-state index is 13.3. The van der Waals surface area contributed by atoms with Crippen molar-refractivity contribution in [1.29, 1.82) is 0 Å². The molecule has 2 unspecified atom stereocenters. The first-order chi connectivity index (χ1) is 14.0. The monoisotopic (exact) mass is 456 g/mol. The molecule has 4 rings (SSSR count). The smallest absolute Gasteiger partial charge is 0.417 e. The Balaban J connectivity index is 1.76. The maximum Gasteiger partial charge on any atom is 0.417 e. The number of nitrogens with zero attached hydrogens (tertiary/aromatic N) is 1. The summed E-state index contributed by atoms with van der Waals surface area (Å²) < 4.78 is 51.0. The number of hydrogen-bond donors (Lipinski definition) is 1. The van der Waals surface area contributed by atoms with Crippen LogP contribution in [0.15, 0.2) is 36.4 Å². The molecule has 1 fully saturated rings. The minimum atomic E-state index is -4.61. The zero-order chi connectivity index (χ0) is 21.8. The molecule has 1 saturated heterocycles. The number of carbonyl (C=O) groups excluding carboxylic acids is 1. The lowest BCUT2D eigenvalue weighted by atomic mass is 9.89. The van der Waals surface area contributed by atoms with Gasteiger partial charge in [0.15, 0.2) is 10.8 Å². The number of alkyl halides is 3. The van der Waals surface area contributed by atoms with Crippen LogP contribution in [-0.4, -0.2) is 23.9 Å². The van der Waals surface area contributed by atoms with Gasteiger partial charge in [-0.3, -0.25) is 4.90 Å². The molecule has 2 aromatic rings. The number of ether oxygens (including phenoxy) is 2. The Labute approximate surface area is 180 Å². The number of rotatable bonds is 2. The lowest BCUT2D eigenvalue weighted by Crippen LogP contribution is -2.65. The van der Waals surface area contributed by atoms with Crippen LogP contribution in [0.3, 0.4) is 0 Å². The van der Waals surface area contributed by atoms with Crippen LogP contribution in [0.5, 0.6) is 5.75 Å². The molecule has 10 heteroatoms. The van der Waals surface area contributed by atoms with Gasteiger partial charge in [-0.15, -0.1) is 0 Å². The largest absolute Gasteiger partial charge is 0.467 e. The molecule has 1 N–H and O–H groups in total. The first-order valence-electron chi connectivity index (χ1n) is 8.92. The van der Waals surface area contributed by atoms with Crippen molar-refractivity contribution in [2.24, 2.45) is 0 Å². The lowest BCUT2D eigenvalue weighted by molar-refractivity contribution is -0.137. The number of thiocarbonyl (C=S) groups is 1. The Morgan fingerprint density at radius 1 is 1.33 bits per heavy atom. The number of nitrogens with one attached hydrogen (secondary N) is 1. The highest BCUT2D eigenvalue weighted by atomic mass is 35.5. The average Bonchev–Trinajstić information content (AvgIpc) is 2.66. The molecule has 5 nitrogen and oxygen atoms in total. The zero-order valence-electron chi connectivity index (χ0n) is 15.8. The first kappa shape index (κ1) is 20.7. The molecule has 0 saturated carbocycles. The number of esters is 1. The van der Waals surface area contributed by atoms with Gasteiger partial charge < -0.3 is 14.8 Å². The van der Waals surface area contributed by atoms with Crippen molar-refractivity contribution in [3.05, 3.63) is 58.1 Å². The van der Waals surface area contributed by atoms with Gasteiger partial charge in [0.2, 0.25) is 0 Å². The summed E-state index contributed by atoms with van der Waals surface area (Å²) in [5.74, 6) is 0.0263. The zero-order valence-corrected chi connectivity index (χ0v) is 17.4. The molecule has 158 valence electrons. The van der Waals surface area contributed by atoms with Gasteiger partial charge in [-0.1, -0.05) is 11.6 Å². The first-order valence-corrected chi connectivity index (χ1v) is 9.71. The van der Waals surface area contributed by atoms with Gasteiger partial charge in [0.25, 0.3) is 0 Å². The van der Waals surface area contributed by atoms with E-state index in [1.807, 2.05) is 0 Å². The number of benzene rings is 2. The molecule has 0 aromatic heterocycles. The van der Waals surface area contributed by atoms with E-state index in [0.29, 0.717) is 17.7 Å². The van der Waals surface area contributed by atoms with Crippen molar-refractivity contribution in [2.45, 2.75) is 31.3 Å². The van der Waals surface area contributed by atoms with E-state index in [9.17, 15) is 18.0 Å². The molecule has 0 radical (unpaired) electrons. The third kappa shape index (κ3) is 3.35. The van der Waals surface area contributed by atoms with Gasteiger partial charge in [0, 0.05) is 17.7 Å². The van der Waals surface area contributed by atoms with Gasteiger partial charge in [0.1, 0.15) is 5.75 Å². The quantitative estimate of drug-likeness (QED) is 0.502. The SMILES string of the molecule is COC(=O)c1ccc2c(c1)C1CC(C)(O2)N(c2ccc(Cl)c(C(F)(F)F)c2)C(=S)N1. The maximum absolute atomic E-state index is 13.3. The van der Waals surface area contributed by atoms with Crippen LogP contribution in [0.2, 0.25) is 5.02 Å². The summed E-state index contributed by atoms with van der Waals surface area (Å²) in [6, 6.07) is 8.22. The highest BCUT2D eigenvalue weighted by molar-refractivity contribution is 7.80. The third-order valence-electron chi connectivity index (χ3n) is 5.21. The van der Waals surface area contributed by atoms with Gasteiger partial charge in [0.05, 0.1) is 29.3 Å². The molecule has 2 bridgehead atoms. The fraction of sp³-hybridized carbons (Fsp3) is 0.300. The summed E-state index contributed by atoms with van der Waals surface area (Å²) in [5.41, 5.74) is -0.687. The van der Waals surface area contributed by atoms with E-state index in [4.69, 9.17) is 33.3 Å². The second-order valence-electron chi connectivity index (χ2n) is 7.22. The van der Waals surface area contributed by atoms with Crippen molar-refractivity contribution in [1.82, 2.24) is 5.32 Å². The molecule has 2 aliphatic heterocycles. The molecule has 2 heterocycles. The predicted octanol–water partition coefficient (Wildman–Crippen LogP) is 5.08. The fourth-order valence-electron chi connectivity index (χ4n) is 3.88. The average molecular weight is 457 g/mol. The van der Waals surface area contributed by atoms with Crippen LogP contribution in [0.1, 0.15) is 40.9 Å². The van der Waals surface area contributed by atoms with Crippen LogP contribution >= 0.6 is 23.8 Å². The summed E-state index contributed by atoms with van der Waals surface area (Å²) in [7, 11) is 1.29. The van der Waals surface area contributed by atoms with Crippen molar-refractivity contribution in [2.75, 3.05) is 12.0 Å². The topological polar surface area (TPSA) is 50.8 Å². The number of hydrogen-bond acceptors (Lipinski definition) is 4. The summed E-state index contributed by atoms with van der Waals surface area (Å²) in [6.07, 6.45) is -4.22. The van der Waals surface area contributed by atoms with Crippen LogP contribution in [-0.2, 0) is 10.9 Å². The van der Waals surface area contributed by atoms with Crippen molar-refractivity contribution < 1.29 is 27.4 Å². The summed E-state index contributed by atoms with van der Waals surface area (Å²) in [5, 5.41) is 2.96. The van der Waals surface area contributed by atoms with Gasteiger partial charge in [-0.05, 0) is 55.5 Å². The molecule has 0 aliphatic carbocycles. The normalized spacial score (nSPS) is 22.7. The minimum absolute atomic E-state index is 0.207. The third-order valence-corrected chi connectivity index (χ3v) is 5.84. The number of methoxy groups -OCH3 is 1. The van der Waals surface area contributed by atoms with Crippen LogP contribution < -0.4 is 15.0 Å². The number of carbonyl (C=O) groups is 1. The van der Waals surface area contributed by atoms with E-state index in [2.05, 4.69) is 5.32 Å². The van der Waals surface area contributed by atoms with Gasteiger partial charge in [-0.2, -0.15) is 13.2 Å². The summed E-state index contributed by atoms with van der Waals surface area (Å²) >= 11 is 11.2. The Morgan fingerprint density at radius 3 is 2.73 bits per heavy atom. The Morgan fingerprint density at radius 2 is 2.07 bits per heavy atom. The van der Waals surface area contributed by atoms with E-state index >= 15 is 0 Å².